The number of nitrogens with zero attached hydrogens (tertiary/aromatic N) is 2. The molecule has 0 aliphatic carbocycles. The highest BCUT2D eigenvalue weighted by Gasteiger charge is 2.03. The average molecular weight is 347 g/mol. The van der Waals surface area contributed by atoms with Gasteiger partial charge in [-0.05, 0) is 61.4 Å². The number of aryl methyl sites for hydroxylation is 2. The summed E-state index contributed by atoms with van der Waals surface area (Å²) >= 11 is 0. The minimum atomic E-state index is -0.0939. The van der Waals surface area contributed by atoms with Crippen molar-refractivity contribution < 1.29 is 4.79 Å². The van der Waals surface area contributed by atoms with Crippen molar-refractivity contribution in [3.05, 3.63) is 66.0 Å². The molecule has 26 heavy (non-hydrogen) atoms. The number of carbonyl (C=O) groups excluding carboxylic acids is 1. The summed E-state index contributed by atoms with van der Waals surface area (Å²) in [5.41, 5.74) is 5.00. The Labute approximate surface area is 152 Å². The van der Waals surface area contributed by atoms with Gasteiger partial charge < -0.3 is 16.0 Å². The molecule has 0 saturated heterocycles. The largest absolute Gasteiger partial charge is 0.340 e. The minimum Gasteiger partial charge on any atom is -0.340 e. The number of aromatic nitrogens is 2. The van der Waals surface area contributed by atoms with Gasteiger partial charge >= 0.3 is 0 Å². The molecular formula is C20H21N5O. The van der Waals surface area contributed by atoms with Gasteiger partial charge in [0.2, 0.25) is 5.91 Å². The molecule has 1 amide bonds. The standard InChI is InChI=1S/C20H21N5O/c1-13-8-14(2)10-18(9-13)25-20-11-19(21-12-22-20)24-17-6-4-16(5-7-17)23-15(3)26/h4-12H,1-3H3,(H,23,26)(H2,21,22,24,25). The molecule has 0 bridgehead atoms. The van der Waals surface area contributed by atoms with Crippen LogP contribution in [0.4, 0.5) is 28.7 Å². The molecule has 2 aromatic carbocycles. The van der Waals surface area contributed by atoms with E-state index in [1.165, 1.54) is 24.4 Å². The van der Waals surface area contributed by atoms with Gasteiger partial charge in [0.25, 0.3) is 0 Å². The lowest BCUT2D eigenvalue weighted by Crippen LogP contribution is -2.05. The third-order valence-electron chi connectivity index (χ3n) is 3.64. The van der Waals surface area contributed by atoms with Crippen LogP contribution in [-0.4, -0.2) is 15.9 Å². The van der Waals surface area contributed by atoms with E-state index in [-0.39, 0.29) is 5.91 Å². The third-order valence-corrected chi connectivity index (χ3v) is 3.64. The summed E-state index contributed by atoms with van der Waals surface area (Å²) in [7, 11) is 0. The van der Waals surface area contributed by atoms with Crippen molar-refractivity contribution in [2.45, 2.75) is 20.8 Å². The molecule has 0 aliphatic heterocycles. The summed E-state index contributed by atoms with van der Waals surface area (Å²) in [4.78, 5) is 19.6. The van der Waals surface area contributed by atoms with Crippen LogP contribution in [0.3, 0.4) is 0 Å². The van der Waals surface area contributed by atoms with Crippen molar-refractivity contribution in [2.75, 3.05) is 16.0 Å². The topological polar surface area (TPSA) is 78.9 Å². The van der Waals surface area contributed by atoms with E-state index in [0.29, 0.717) is 11.6 Å². The van der Waals surface area contributed by atoms with Gasteiger partial charge in [-0.25, -0.2) is 9.97 Å². The molecule has 0 atom stereocenters. The number of amides is 1. The number of anilines is 5. The summed E-state index contributed by atoms with van der Waals surface area (Å²) in [6, 6.07) is 15.5. The fourth-order valence-corrected chi connectivity index (χ4v) is 2.68. The van der Waals surface area contributed by atoms with E-state index in [0.717, 1.165) is 17.1 Å². The van der Waals surface area contributed by atoms with Gasteiger partial charge in [-0.2, -0.15) is 0 Å². The molecule has 0 unspecified atom stereocenters. The predicted octanol–water partition coefficient (Wildman–Crippen LogP) is 4.54. The Hall–Kier alpha value is -3.41. The summed E-state index contributed by atoms with van der Waals surface area (Å²) in [6.07, 6.45) is 1.51. The highest BCUT2D eigenvalue weighted by atomic mass is 16.1. The van der Waals surface area contributed by atoms with Gasteiger partial charge in [-0.15, -0.1) is 0 Å². The van der Waals surface area contributed by atoms with Gasteiger partial charge in [0, 0.05) is 30.1 Å². The summed E-state index contributed by atoms with van der Waals surface area (Å²) < 4.78 is 0. The molecule has 1 heterocycles. The van der Waals surface area contributed by atoms with E-state index >= 15 is 0 Å². The van der Waals surface area contributed by atoms with Gasteiger partial charge in [0.1, 0.15) is 18.0 Å². The van der Waals surface area contributed by atoms with Crippen molar-refractivity contribution in [2.24, 2.45) is 0 Å². The van der Waals surface area contributed by atoms with Crippen LogP contribution in [0, 0.1) is 13.8 Å². The Morgan fingerprint density at radius 3 is 1.88 bits per heavy atom. The van der Waals surface area contributed by atoms with Gasteiger partial charge in [0.05, 0.1) is 0 Å². The molecule has 3 rings (SSSR count). The highest BCUT2D eigenvalue weighted by Crippen LogP contribution is 2.22. The van der Waals surface area contributed by atoms with Crippen LogP contribution in [0.15, 0.2) is 54.9 Å². The van der Waals surface area contributed by atoms with E-state index in [4.69, 9.17) is 0 Å². The van der Waals surface area contributed by atoms with Crippen molar-refractivity contribution in [3.63, 3.8) is 0 Å². The molecule has 0 aliphatic rings. The normalized spacial score (nSPS) is 10.3. The molecule has 0 spiro atoms. The lowest BCUT2D eigenvalue weighted by atomic mass is 10.1. The first kappa shape index (κ1) is 17.4. The zero-order valence-electron chi connectivity index (χ0n) is 15.0. The Kier molecular flexibility index (Phi) is 5.12. The van der Waals surface area contributed by atoms with Crippen molar-refractivity contribution in [1.29, 1.82) is 0 Å². The van der Waals surface area contributed by atoms with Crippen molar-refractivity contribution in [3.8, 4) is 0 Å². The second kappa shape index (κ2) is 7.65. The van der Waals surface area contributed by atoms with E-state index in [1.807, 2.05) is 30.3 Å². The molecule has 3 N–H and O–H groups in total. The number of hydrogen-bond acceptors (Lipinski definition) is 5. The molecule has 6 nitrogen and oxygen atoms in total. The van der Waals surface area contributed by atoms with Crippen LogP contribution < -0.4 is 16.0 Å². The van der Waals surface area contributed by atoms with Crippen LogP contribution in [0.25, 0.3) is 0 Å². The SMILES string of the molecule is CC(=O)Nc1ccc(Nc2cc(Nc3cc(C)cc(C)c3)ncn2)cc1. The highest BCUT2D eigenvalue weighted by molar-refractivity contribution is 5.88. The minimum absolute atomic E-state index is 0.0939. The maximum absolute atomic E-state index is 11.1. The lowest BCUT2D eigenvalue weighted by Gasteiger charge is -2.10. The van der Waals surface area contributed by atoms with Crippen LogP contribution in [-0.2, 0) is 4.79 Å². The predicted molar refractivity (Wildman–Crippen MR) is 105 cm³/mol. The number of hydrogen-bond donors (Lipinski definition) is 3. The second-order valence-corrected chi connectivity index (χ2v) is 6.17. The summed E-state index contributed by atoms with van der Waals surface area (Å²) in [6.45, 7) is 5.61. The van der Waals surface area contributed by atoms with E-state index in [1.54, 1.807) is 0 Å². The molecule has 132 valence electrons. The molecular weight excluding hydrogens is 326 g/mol. The monoisotopic (exact) mass is 347 g/mol. The van der Waals surface area contributed by atoms with Crippen molar-refractivity contribution in [1.82, 2.24) is 9.97 Å². The maximum atomic E-state index is 11.1. The molecule has 0 saturated carbocycles. The smallest absolute Gasteiger partial charge is 0.221 e. The average Bonchev–Trinajstić information content (AvgIpc) is 2.55. The fraction of sp³-hybridized carbons (Fsp3) is 0.150. The molecule has 0 radical (unpaired) electrons. The van der Waals surface area contributed by atoms with Crippen LogP contribution in [0.2, 0.25) is 0 Å². The number of rotatable bonds is 5. The first-order chi connectivity index (χ1) is 12.5. The number of carbonyl (C=O) groups is 1. The van der Waals surface area contributed by atoms with E-state index in [2.05, 4.69) is 58.0 Å². The summed E-state index contributed by atoms with van der Waals surface area (Å²) in [5.74, 6) is 1.30. The third kappa shape index (κ3) is 4.80. The number of benzene rings is 2. The van der Waals surface area contributed by atoms with E-state index in [9.17, 15) is 4.79 Å². The fourth-order valence-electron chi connectivity index (χ4n) is 2.68. The van der Waals surface area contributed by atoms with Gasteiger partial charge in [-0.3, -0.25) is 4.79 Å². The Bertz CT molecular complexity index is 901. The zero-order chi connectivity index (χ0) is 18.5. The first-order valence-corrected chi connectivity index (χ1v) is 8.30. The second-order valence-electron chi connectivity index (χ2n) is 6.17. The van der Waals surface area contributed by atoms with Gasteiger partial charge in [0.15, 0.2) is 0 Å². The van der Waals surface area contributed by atoms with Crippen LogP contribution in [0.1, 0.15) is 18.1 Å². The molecule has 6 heteroatoms. The Morgan fingerprint density at radius 1 is 0.769 bits per heavy atom. The quantitative estimate of drug-likeness (QED) is 0.631. The number of nitrogens with one attached hydrogen (secondary N) is 3. The van der Waals surface area contributed by atoms with Gasteiger partial charge in [-0.1, -0.05) is 6.07 Å². The maximum Gasteiger partial charge on any atom is 0.221 e. The van der Waals surface area contributed by atoms with Crippen LogP contribution >= 0.6 is 0 Å². The molecule has 1 aromatic heterocycles. The zero-order valence-corrected chi connectivity index (χ0v) is 15.0. The van der Waals surface area contributed by atoms with Crippen LogP contribution in [0.5, 0.6) is 0 Å². The Morgan fingerprint density at radius 2 is 1.31 bits per heavy atom. The van der Waals surface area contributed by atoms with E-state index < -0.39 is 0 Å². The summed E-state index contributed by atoms with van der Waals surface area (Å²) in [5, 5.41) is 9.27. The first-order valence-electron chi connectivity index (χ1n) is 8.30. The van der Waals surface area contributed by atoms with Crippen molar-refractivity contribution >= 4 is 34.6 Å². The molecule has 3 aromatic rings. The lowest BCUT2D eigenvalue weighted by molar-refractivity contribution is -0.114. The molecule has 0 fully saturated rings. The Balaban J connectivity index is 1.71.